The van der Waals surface area contributed by atoms with Gasteiger partial charge < -0.3 is 14.8 Å². The Morgan fingerprint density at radius 3 is 2.76 bits per heavy atom. The van der Waals surface area contributed by atoms with Crippen molar-refractivity contribution in [2.45, 2.75) is 19.9 Å². The molecule has 0 bridgehead atoms. The molecule has 1 atom stereocenters. The first kappa shape index (κ1) is 13.5. The second-order valence-electron chi connectivity index (χ2n) is 3.77. The van der Waals surface area contributed by atoms with Crippen LogP contribution in [0, 0.1) is 0 Å². The smallest absolute Gasteiger partial charge is 0.340 e. The van der Waals surface area contributed by atoms with E-state index in [-0.39, 0.29) is 12.0 Å². The molecule has 0 radical (unpaired) electrons. The van der Waals surface area contributed by atoms with Crippen LogP contribution in [0.5, 0.6) is 0 Å². The molecule has 1 aromatic rings. The van der Waals surface area contributed by atoms with E-state index in [4.69, 9.17) is 9.47 Å². The first-order valence-electron chi connectivity index (χ1n) is 5.70. The predicted molar refractivity (Wildman–Crippen MR) is 67.4 cm³/mol. The van der Waals surface area contributed by atoms with E-state index >= 15 is 0 Å². The maximum atomic E-state index is 11.7. The van der Waals surface area contributed by atoms with Gasteiger partial charge in [0, 0.05) is 18.8 Å². The Morgan fingerprint density at radius 2 is 2.12 bits per heavy atom. The molecular formula is C13H19NO3. The van der Waals surface area contributed by atoms with Gasteiger partial charge in [0.15, 0.2) is 0 Å². The summed E-state index contributed by atoms with van der Waals surface area (Å²) >= 11 is 0. The van der Waals surface area contributed by atoms with Crippen LogP contribution in [0.15, 0.2) is 24.3 Å². The molecule has 0 aliphatic rings. The number of anilines is 1. The van der Waals surface area contributed by atoms with Crippen LogP contribution in [0.3, 0.4) is 0 Å². The Labute approximate surface area is 102 Å². The first-order chi connectivity index (χ1) is 8.19. The molecular weight excluding hydrogens is 218 g/mol. The fourth-order valence-electron chi connectivity index (χ4n) is 1.55. The van der Waals surface area contributed by atoms with Gasteiger partial charge in [0.25, 0.3) is 0 Å². The highest BCUT2D eigenvalue weighted by atomic mass is 16.5. The van der Waals surface area contributed by atoms with Crippen LogP contribution >= 0.6 is 0 Å². The molecule has 1 aromatic carbocycles. The lowest BCUT2D eigenvalue weighted by Crippen LogP contribution is -2.22. The number of hydrogen-bond acceptors (Lipinski definition) is 4. The number of rotatable bonds is 6. The average Bonchev–Trinajstić information content (AvgIpc) is 2.30. The zero-order valence-corrected chi connectivity index (χ0v) is 10.5. The summed E-state index contributed by atoms with van der Waals surface area (Å²) < 4.78 is 10.0. The normalized spacial score (nSPS) is 11.9. The molecule has 0 heterocycles. The minimum atomic E-state index is -0.305. The van der Waals surface area contributed by atoms with Gasteiger partial charge in [0.2, 0.25) is 0 Å². The molecule has 0 saturated carbocycles. The number of esters is 1. The summed E-state index contributed by atoms with van der Waals surface area (Å²) in [6.07, 6.45) is 0. The number of methoxy groups -OCH3 is 1. The van der Waals surface area contributed by atoms with E-state index in [1.807, 2.05) is 25.1 Å². The lowest BCUT2D eigenvalue weighted by Gasteiger charge is -2.16. The van der Waals surface area contributed by atoms with Gasteiger partial charge in [0.1, 0.15) is 0 Å². The molecule has 94 valence electrons. The van der Waals surface area contributed by atoms with Crippen LogP contribution in [-0.2, 0) is 9.47 Å². The molecule has 4 heteroatoms. The molecule has 0 amide bonds. The van der Waals surface area contributed by atoms with Crippen molar-refractivity contribution < 1.29 is 14.3 Å². The van der Waals surface area contributed by atoms with Gasteiger partial charge in [-0.15, -0.1) is 0 Å². The number of para-hydroxylation sites is 1. The van der Waals surface area contributed by atoms with Crippen molar-refractivity contribution in [3.8, 4) is 0 Å². The number of nitrogens with one attached hydrogen (secondary N) is 1. The fourth-order valence-corrected chi connectivity index (χ4v) is 1.55. The molecule has 1 N–H and O–H groups in total. The lowest BCUT2D eigenvalue weighted by atomic mass is 10.1. The number of hydrogen-bond donors (Lipinski definition) is 1. The molecule has 0 aliphatic heterocycles. The summed E-state index contributed by atoms with van der Waals surface area (Å²) in [6, 6.07) is 7.44. The maximum absolute atomic E-state index is 11.7. The minimum Gasteiger partial charge on any atom is -0.462 e. The molecule has 1 rings (SSSR count). The minimum absolute atomic E-state index is 0.135. The third-order valence-electron chi connectivity index (χ3n) is 2.24. The standard InChI is InChI=1S/C13H19NO3/c1-4-17-13(15)11-7-5-6-8-12(11)14-10(2)9-16-3/h5-8,10,14H,4,9H2,1-3H3. The highest BCUT2D eigenvalue weighted by Gasteiger charge is 2.13. The molecule has 0 aromatic heterocycles. The van der Waals surface area contributed by atoms with Gasteiger partial charge in [-0.3, -0.25) is 0 Å². The van der Waals surface area contributed by atoms with Crippen molar-refractivity contribution in [3.63, 3.8) is 0 Å². The number of ether oxygens (including phenoxy) is 2. The second kappa shape index (κ2) is 6.91. The summed E-state index contributed by atoms with van der Waals surface area (Å²) in [5.41, 5.74) is 1.33. The number of benzene rings is 1. The fraction of sp³-hybridized carbons (Fsp3) is 0.462. The van der Waals surface area contributed by atoms with Crippen LogP contribution in [-0.4, -0.2) is 32.3 Å². The Hall–Kier alpha value is -1.55. The van der Waals surface area contributed by atoms with Crippen LogP contribution in [0.4, 0.5) is 5.69 Å². The van der Waals surface area contributed by atoms with Crippen molar-refractivity contribution in [1.29, 1.82) is 0 Å². The second-order valence-corrected chi connectivity index (χ2v) is 3.77. The van der Waals surface area contributed by atoms with E-state index < -0.39 is 0 Å². The van der Waals surface area contributed by atoms with Crippen molar-refractivity contribution in [3.05, 3.63) is 29.8 Å². The molecule has 0 saturated heterocycles. The lowest BCUT2D eigenvalue weighted by molar-refractivity contribution is 0.0527. The molecule has 4 nitrogen and oxygen atoms in total. The highest BCUT2D eigenvalue weighted by molar-refractivity contribution is 5.95. The van der Waals surface area contributed by atoms with E-state index in [1.54, 1.807) is 20.1 Å². The molecule has 17 heavy (non-hydrogen) atoms. The Bertz CT molecular complexity index is 365. The number of carbonyl (C=O) groups is 1. The molecule has 0 fully saturated rings. The molecule has 0 spiro atoms. The zero-order valence-electron chi connectivity index (χ0n) is 10.5. The van der Waals surface area contributed by atoms with E-state index in [2.05, 4.69) is 5.32 Å². The van der Waals surface area contributed by atoms with Crippen LogP contribution in [0.25, 0.3) is 0 Å². The summed E-state index contributed by atoms with van der Waals surface area (Å²) in [5, 5.41) is 3.22. The Kier molecular flexibility index (Phi) is 5.49. The average molecular weight is 237 g/mol. The van der Waals surface area contributed by atoms with Crippen LogP contribution in [0.1, 0.15) is 24.2 Å². The van der Waals surface area contributed by atoms with Gasteiger partial charge in [-0.25, -0.2) is 4.79 Å². The van der Waals surface area contributed by atoms with E-state index in [0.717, 1.165) is 5.69 Å². The van der Waals surface area contributed by atoms with Gasteiger partial charge in [-0.1, -0.05) is 12.1 Å². The van der Waals surface area contributed by atoms with Gasteiger partial charge in [0.05, 0.1) is 18.8 Å². The van der Waals surface area contributed by atoms with Gasteiger partial charge >= 0.3 is 5.97 Å². The Balaban J connectivity index is 2.80. The van der Waals surface area contributed by atoms with Crippen molar-refractivity contribution >= 4 is 11.7 Å². The summed E-state index contributed by atoms with van der Waals surface area (Å²) in [4.78, 5) is 11.7. The quantitative estimate of drug-likeness (QED) is 0.771. The topological polar surface area (TPSA) is 47.6 Å². The largest absolute Gasteiger partial charge is 0.462 e. The van der Waals surface area contributed by atoms with Crippen molar-refractivity contribution in [1.82, 2.24) is 0 Å². The third-order valence-corrected chi connectivity index (χ3v) is 2.24. The van der Waals surface area contributed by atoms with Gasteiger partial charge in [-0.2, -0.15) is 0 Å². The predicted octanol–water partition coefficient (Wildman–Crippen LogP) is 2.31. The van der Waals surface area contributed by atoms with Crippen LogP contribution in [0.2, 0.25) is 0 Å². The number of carbonyl (C=O) groups excluding carboxylic acids is 1. The maximum Gasteiger partial charge on any atom is 0.340 e. The van der Waals surface area contributed by atoms with Crippen molar-refractivity contribution in [2.75, 3.05) is 25.6 Å². The molecule has 0 aliphatic carbocycles. The monoisotopic (exact) mass is 237 g/mol. The van der Waals surface area contributed by atoms with E-state index in [0.29, 0.717) is 18.8 Å². The van der Waals surface area contributed by atoms with Crippen LogP contribution < -0.4 is 5.32 Å². The van der Waals surface area contributed by atoms with E-state index in [1.165, 1.54) is 0 Å². The Morgan fingerprint density at radius 1 is 1.41 bits per heavy atom. The zero-order chi connectivity index (χ0) is 12.7. The first-order valence-corrected chi connectivity index (χ1v) is 5.70. The summed E-state index contributed by atoms with van der Waals surface area (Å²) in [7, 11) is 1.65. The summed E-state index contributed by atoms with van der Waals surface area (Å²) in [6.45, 7) is 4.74. The van der Waals surface area contributed by atoms with E-state index in [9.17, 15) is 4.79 Å². The highest BCUT2D eigenvalue weighted by Crippen LogP contribution is 2.17. The SMILES string of the molecule is CCOC(=O)c1ccccc1NC(C)COC. The van der Waals surface area contributed by atoms with Gasteiger partial charge in [-0.05, 0) is 26.0 Å². The molecule has 1 unspecified atom stereocenters. The summed E-state index contributed by atoms with van der Waals surface area (Å²) in [5.74, 6) is -0.305. The third kappa shape index (κ3) is 4.07. The van der Waals surface area contributed by atoms with Crippen molar-refractivity contribution in [2.24, 2.45) is 0 Å².